The molecule has 6 aromatic rings. The highest BCUT2D eigenvalue weighted by atomic mass is 35.5. The van der Waals surface area contributed by atoms with Crippen LogP contribution in [0, 0.1) is 0 Å². The second kappa shape index (κ2) is 13.7. The molecule has 0 unspecified atom stereocenters. The first-order chi connectivity index (χ1) is 25.0. The van der Waals surface area contributed by atoms with Gasteiger partial charge in [-0.15, -0.1) is 0 Å². The van der Waals surface area contributed by atoms with Gasteiger partial charge in [-0.25, -0.2) is 9.97 Å². The van der Waals surface area contributed by atoms with Crippen LogP contribution in [0.3, 0.4) is 0 Å². The van der Waals surface area contributed by atoms with Gasteiger partial charge in [0.15, 0.2) is 0 Å². The van der Waals surface area contributed by atoms with Crippen molar-refractivity contribution in [3.63, 3.8) is 0 Å². The average Bonchev–Trinajstić information content (AvgIpc) is 3.97. The van der Waals surface area contributed by atoms with Crippen LogP contribution >= 0.6 is 11.6 Å². The van der Waals surface area contributed by atoms with E-state index in [-0.39, 0.29) is 0 Å². The molecule has 51 heavy (non-hydrogen) atoms. The van der Waals surface area contributed by atoms with E-state index in [4.69, 9.17) is 21.6 Å². The Labute approximate surface area is 304 Å². The number of H-pyrrole nitrogens is 2. The van der Waals surface area contributed by atoms with Crippen LogP contribution in [0.1, 0.15) is 74.4 Å². The smallest absolute Gasteiger partial charge is 0.0771 e. The van der Waals surface area contributed by atoms with Crippen molar-refractivity contribution in [3.8, 4) is 33.4 Å². The van der Waals surface area contributed by atoms with Crippen LogP contribution in [-0.2, 0) is 12.8 Å². The Morgan fingerprint density at radius 3 is 1.69 bits per heavy atom. The van der Waals surface area contributed by atoms with Gasteiger partial charge in [0.2, 0.25) is 0 Å². The maximum Gasteiger partial charge on any atom is 0.0771 e. The summed E-state index contributed by atoms with van der Waals surface area (Å²) >= 11 is 6.42. The van der Waals surface area contributed by atoms with Crippen molar-refractivity contribution in [1.29, 1.82) is 0 Å². The average molecular weight is 685 g/mol. The zero-order chi connectivity index (χ0) is 35.1. The monoisotopic (exact) mass is 684 g/mol. The van der Waals surface area contributed by atoms with Crippen molar-refractivity contribution < 1.29 is 0 Å². The lowest BCUT2D eigenvalue weighted by Gasteiger charge is -2.09. The molecular weight excluding hydrogens is 644 g/mol. The minimum absolute atomic E-state index is 0.699. The van der Waals surface area contributed by atoms with Gasteiger partial charge in [0.05, 0.1) is 28.3 Å². The molecule has 0 fully saturated rings. The highest BCUT2D eigenvalue weighted by molar-refractivity contribution is 6.30. The summed E-state index contributed by atoms with van der Waals surface area (Å²) in [6.45, 7) is 9.01. The van der Waals surface area contributed by atoms with Gasteiger partial charge in [0.1, 0.15) is 0 Å². The Hall–Kier alpha value is -5.45. The van der Waals surface area contributed by atoms with Crippen LogP contribution in [0.25, 0.3) is 78.7 Å². The summed E-state index contributed by atoms with van der Waals surface area (Å²) in [5, 5.41) is 0.699. The van der Waals surface area contributed by atoms with Crippen molar-refractivity contribution >= 4 is 57.0 Å². The van der Waals surface area contributed by atoms with Crippen LogP contribution in [-0.4, -0.2) is 19.9 Å². The quantitative estimate of drug-likeness (QED) is 0.175. The zero-order valence-corrected chi connectivity index (χ0v) is 30.3. The molecule has 3 aromatic heterocycles. The Morgan fingerprint density at radius 1 is 0.510 bits per heavy atom. The number of nitrogens with one attached hydrogen (secondary N) is 2. The van der Waals surface area contributed by atoms with Gasteiger partial charge in [0.25, 0.3) is 0 Å². The number of allylic oxidation sites excluding steroid dienone is 2. The molecule has 0 radical (unpaired) electrons. The minimum Gasteiger partial charge on any atom is -0.354 e. The number of hydrogen-bond acceptors (Lipinski definition) is 2. The normalized spacial score (nSPS) is 12.6. The molecule has 8 rings (SSSR count). The highest BCUT2D eigenvalue weighted by Gasteiger charge is 2.24. The Kier molecular flexibility index (Phi) is 8.79. The van der Waals surface area contributed by atoms with E-state index in [0.717, 1.165) is 104 Å². The lowest BCUT2D eigenvalue weighted by Crippen LogP contribution is -1.91. The van der Waals surface area contributed by atoms with Gasteiger partial charge in [-0.2, -0.15) is 0 Å². The summed E-state index contributed by atoms with van der Waals surface area (Å²) in [5.41, 5.74) is 19.9. The molecule has 0 atom stereocenters. The van der Waals surface area contributed by atoms with Gasteiger partial charge >= 0.3 is 0 Å². The van der Waals surface area contributed by atoms with E-state index < -0.39 is 0 Å². The third-order valence-electron chi connectivity index (χ3n) is 10.3. The second-order valence-electron chi connectivity index (χ2n) is 13.1. The van der Waals surface area contributed by atoms with Crippen molar-refractivity contribution in [1.82, 2.24) is 19.9 Å². The molecule has 0 spiro atoms. The third-order valence-corrected chi connectivity index (χ3v) is 10.5. The number of fused-ring (bicyclic) bond motifs is 8. The maximum atomic E-state index is 6.42. The number of halogens is 1. The summed E-state index contributed by atoms with van der Waals surface area (Å²) in [4.78, 5) is 18.8. The number of aromatic nitrogens is 4. The lowest BCUT2D eigenvalue weighted by molar-refractivity contribution is 1.07. The van der Waals surface area contributed by atoms with Gasteiger partial charge in [-0.3, -0.25) is 0 Å². The molecule has 2 aliphatic heterocycles. The van der Waals surface area contributed by atoms with E-state index in [9.17, 15) is 0 Å². The molecule has 252 valence electrons. The molecule has 4 nitrogen and oxygen atoms in total. The number of nitrogens with zero attached hydrogens (tertiary/aromatic N) is 2. The molecular formula is C46H41ClN4. The fourth-order valence-corrected chi connectivity index (χ4v) is 8.08. The van der Waals surface area contributed by atoms with E-state index in [1.54, 1.807) is 0 Å². The van der Waals surface area contributed by atoms with Crippen LogP contribution in [0.5, 0.6) is 0 Å². The Bertz CT molecular complexity index is 2500. The molecule has 0 saturated heterocycles. The summed E-state index contributed by atoms with van der Waals surface area (Å²) < 4.78 is 0. The molecule has 0 saturated carbocycles. The van der Waals surface area contributed by atoms with Crippen molar-refractivity contribution in [2.45, 2.75) is 53.4 Å². The Morgan fingerprint density at radius 2 is 1.08 bits per heavy atom. The van der Waals surface area contributed by atoms with E-state index in [1.165, 1.54) is 22.3 Å². The molecule has 5 heteroatoms. The molecule has 3 aromatic carbocycles. The fourth-order valence-electron chi connectivity index (χ4n) is 7.96. The SMILES string of the molecule is CCC1=C(CC)c2nc1cc1[nH]c(c(CC)c1CC)c(-c1ccccc1)c1nc(c(-c3ccc(Cl)cc3)c3ccc([nH]3)c2-c2ccccc2)C=C1. The molecule has 0 aliphatic carbocycles. The van der Waals surface area contributed by atoms with Crippen molar-refractivity contribution in [2.75, 3.05) is 0 Å². The zero-order valence-electron chi connectivity index (χ0n) is 29.6. The predicted octanol–water partition coefficient (Wildman–Crippen LogP) is 13.0. The van der Waals surface area contributed by atoms with Crippen LogP contribution < -0.4 is 0 Å². The first-order valence-corrected chi connectivity index (χ1v) is 18.5. The largest absolute Gasteiger partial charge is 0.354 e. The van der Waals surface area contributed by atoms with Gasteiger partial charge in [-0.1, -0.05) is 112 Å². The topological polar surface area (TPSA) is 57.4 Å². The molecule has 5 heterocycles. The summed E-state index contributed by atoms with van der Waals surface area (Å²) in [6, 6.07) is 36.1. The number of hydrogen-bond donors (Lipinski definition) is 2. The number of benzene rings is 3. The first kappa shape index (κ1) is 32.7. The molecule has 8 bridgehead atoms. The number of aryl methyl sites for hydroxylation is 2. The number of aromatic amines is 2. The van der Waals surface area contributed by atoms with E-state index in [0.29, 0.717) is 5.02 Å². The van der Waals surface area contributed by atoms with E-state index in [2.05, 4.69) is 141 Å². The second-order valence-corrected chi connectivity index (χ2v) is 13.5. The van der Waals surface area contributed by atoms with Crippen LogP contribution in [0.2, 0.25) is 5.02 Å². The molecule has 2 aliphatic rings. The van der Waals surface area contributed by atoms with E-state index in [1.807, 2.05) is 12.1 Å². The third kappa shape index (κ3) is 5.74. The number of rotatable bonds is 7. The first-order valence-electron chi connectivity index (χ1n) is 18.1. The lowest BCUT2D eigenvalue weighted by atomic mass is 9.95. The Balaban J connectivity index is 1.63. The maximum absolute atomic E-state index is 6.42. The minimum atomic E-state index is 0.699. The van der Waals surface area contributed by atoms with Crippen LogP contribution in [0.4, 0.5) is 0 Å². The van der Waals surface area contributed by atoms with E-state index >= 15 is 0 Å². The summed E-state index contributed by atoms with van der Waals surface area (Å²) in [7, 11) is 0. The standard InChI is InChI=1S/C46H41ClN4/c1-5-32-34(7-3)45-43(28-15-11-9-12-16-28)38-25-23-36(48-38)42(30-19-21-31(47)22-20-30)37-24-26-39(49-37)44(29-17-13-10-14-18-29)46-35(8-4)33(6-2)41(51-46)27-40(32)50-45/h9-27,48,51H,5-8H2,1-4H3. The fraction of sp³-hybridized carbons (Fsp3) is 0.174. The summed E-state index contributed by atoms with van der Waals surface area (Å²) in [5.74, 6) is 0. The highest BCUT2D eigenvalue weighted by Crippen LogP contribution is 2.42. The van der Waals surface area contributed by atoms with Crippen molar-refractivity contribution in [3.05, 3.63) is 142 Å². The molecule has 2 N–H and O–H groups in total. The predicted molar refractivity (Wildman–Crippen MR) is 217 cm³/mol. The van der Waals surface area contributed by atoms with Gasteiger partial charge in [0, 0.05) is 38.3 Å². The van der Waals surface area contributed by atoms with Crippen LogP contribution in [0.15, 0.2) is 103 Å². The summed E-state index contributed by atoms with van der Waals surface area (Å²) in [6.07, 6.45) is 7.90. The van der Waals surface area contributed by atoms with Crippen molar-refractivity contribution in [2.24, 2.45) is 0 Å². The van der Waals surface area contributed by atoms with Gasteiger partial charge in [-0.05, 0) is 107 Å². The van der Waals surface area contributed by atoms with Gasteiger partial charge < -0.3 is 9.97 Å². The molecule has 0 amide bonds.